The lowest BCUT2D eigenvalue weighted by Crippen LogP contribution is -2.03. The van der Waals surface area contributed by atoms with Crippen molar-refractivity contribution in [2.45, 2.75) is 19.2 Å². The maximum absolute atomic E-state index is 10.8. The van der Waals surface area contributed by atoms with Crippen molar-refractivity contribution < 1.29 is 4.92 Å². The van der Waals surface area contributed by atoms with Gasteiger partial charge in [-0.2, -0.15) is 5.10 Å². The molecule has 0 amide bonds. The Morgan fingerprint density at radius 2 is 2.11 bits per heavy atom. The van der Waals surface area contributed by atoms with E-state index in [1.54, 1.807) is 16.8 Å². The van der Waals surface area contributed by atoms with Gasteiger partial charge in [0, 0.05) is 17.5 Å². The van der Waals surface area contributed by atoms with Crippen LogP contribution in [-0.2, 0) is 5.33 Å². The second-order valence-corrected chi connectivity index (χ2v) is 5.45. The summed E-state index contributed by atoms with van der Waals surface area (Å²) in [4.78, 5) is 10.4. The van der Waals surface area contributed by atoms with E-state index in [4.69, 9.17) is 0 Å². The fourth-order valence-corrected chi connectivity index (χ4v) is 2.55. The largest absolute Gasteiger partial charge is 0.269 e. The van der Waals surface area contributed by atoms with Crippen molar-refractivity contribution in [1.29, 1.82) is 0 Å². The van der Waals surface area contributed by atoms with Crippen LogP contribution in [0, 0.1) is 24.0 Å². The lowest BCUT2D eigenvalue weighted by Gasteiger charge is -2.09. The van der Waals surface area contributed by atoms with Crippen molar-refractivity contribution in [2.24, 2.45) is 0 Å². The average molecular weight is 389 g/mol. The molecule has 5 nitrogen and oxygen atoms in total. The van der Waals surface area contributed by atoms with Gasteiger partial charge in [0.15, 0.2) is 0 Å². The molecule has 0 aliphatic heterocycles. The first-order chi connectivity index (χ1) is 8.95. The summed E-state index contributed by atoms with van der Waals surface area (Å²) in [6.07, 6.45) is 0. The Morgan fingerprint density at radius 3 is 2.58 bits per heavy atom. The molecule has 0 saturated carbocycles. The molecule has 0 aliphatic carbocycles. The number of nitrogens with zero attached hydrogens (tertiary/aromatic N) is 3. The summed E-state index contributed by atoms with van der Waals surface area (Å²) in [5.41, 5.74) is 3.60. The first-order valence-corrected chi connectivity index (χ1v) is 7.42. The molecule has 19 heavy (non-hydrogen) atoms. The monoisotopic (exact) mass is 387 g/mol. The fourth-order valence-electron chi connectivity index (χ4n) is 1.86. The zero-order chi connectivity index (χ0) is 14.2. The molecule has 7 heteroatoms. The smallest absolute Gasteiger partial charge is 0.258 e. The number of aromatic nitrogens is 2. The zero-order valence-electron chi connectivity index (χ0n) is 10.4. The highest BCUT2D eigenvalue weighted by Crippen LogP contribution is 2.27. The first-order valence-electron chi connectivity index (χ1n) is 5.51. The van der Waals surface area contributed by atoms with E-state index in [9.17, 15) is 10.1 Å². The number of rotatable bonds is 3. The van der Waals surface area contributed by atoms with Crippen LogP contribution in [0.3, 0.4) is 0 Å². The number of alkyl halides is 1. The van der Waals surface area contributed by atoms with Gasteiger partial charge in [-0.1, -0.05) is 15.9 Å². The van der Waals surface area contributed by atoms with E-state index in [0.717, 1.165) is 27.1 Å². The van der Waals surface area contributed by atoms with Gasteiger partial charge in [-0.3, -0.25) is 10.1 Å². The van der Waals surface area contributed by atoms with Crippen molar-refractivity contribution >= 4 is 37.5 Å². The minimum Gasteiger partial charge on any atom is -0.258 e. The minimum atomic E-state index is -0.396. The van der Waals surface area contributed by atoms with E-state index in [2.05, 4.69) is 37.0 Å². The molecule has 1 aromatic heterocycles. The third-order valence-electron chi connectivity index (χ3n) is 2.85. The Labute approximate surface area is 127 Å². The maximum Gasteiger partial charge on any atom is 0.269 e. The first kappa shape index (κ1) is 14.2. The quantitative estimate of drug-likeness (QED) is 0.452. The summed E-state index contributed by atoms with van der Waals surface area (Å²) in [6, 6.07) is 4.78. The fraction of sp³-hybridized carbons (Fsp3) is 0.250. The van der Waals surface area contributed by atoms with Crippen LogP contribution in [0.4, 0.5) is 5.69 Å². The second kappa shape index (κ2) is 5.42. The van der Waals surface area contributed by atoms with Crippen molar-refractivity contribution in [3.05, 3.63) is 49.7 Å². The van der Waals surface area contributed by atoms with Gasteiger partial charge < -0.3 is 0 Å². The third kappa shape index (κ3) is 2.57. The lowest BCUT2D eigenvalue weighted by molar-refractivity contribution is -0.384. The Bertz CT molecular complexity index is 653. The molecular weight excluding hydrogens is 378 g/mol. The van der Waals surface area contributed by atoms with Gasteiger partial charge in [0.25, 0.3) is 5.69 Å². The number of nitro benzene ring substituents is 1. The van der Waals surface area contributed by atoms with Gasteiger partial charge in [-0.05, 0) is 41.4 Å². The van der Waals surface area contributed by atoms with Crippen LogP contribution in [0.2, 0.25) is 0 Å². The van der Waals surface area contributed by atoms with Crippen LogP contribution in [0.5, 0.6) is 0 Å². The molecule has 2 aromatic rings. The number of aryl methyl sites for hydroxylation is 1. The van der Waals surface area contributed by atoms with Crippen LogP contribution in [0.25, 0.3) is 5.69 Å². The molecule has 0 atom stereocenters. The topological polar surface area (TPSA) is 61.0 Å². The van der Waals surface area contributed by atoms with Crippen LogP contribution < -0.4 is 0 Å². The second-order valence-electron chi connectivity index (χ2n) is 4.10. The molecule has 1 heterocycles. The number of hydrogen-bond donors (Lipinski definition) is 0. The molecule has 0 saturated heterocycles. The van der Waals surface area contributed by atoms with Crippen molar-refractivity contribution in [1.82, 2.24) is 9.78 Å². The minimum absolute atomic E-state index is 0.0822. The summed E-state index contributed by atoms with van der Waals surface area (Å²) in [6.45, 7) is 3.86. The van der Waals surface area contributed by atoms with Crippen LogP contribution >= 0.6 is 31.9 Å². The summed E-state index contributed by atoms with van der Waals surface area (Å²) < 4.78 is 2.74. The zero-order valence-corrected chi connectivity index (χ0v) is 13.5. The molecule has 0 radical (unpaired) electrons. The highest BCUT2D eigenvalue weighted by molar-refractivity contribution is 9.10. The van der Waals surface area contributed by atoms with Crippen LogP contribution in [0.15, 0.2) is 22.7 Å². The van der Waals surface area contributed by atoms with Gasteiger partial charge in [-0.25, -0.2) is 4.68 Å². The summed E-state index contributed by atoms with van der Waals surface area (Å²) in [5.74, 6) is 0. The Balaban J connectivity index is 2.62. The highest BCUT2D eigenvalue weighted by Gasteiger charge is 2.15. The SMILES string of the molecule is Cc1nn(-c2ccc([N+](=O)[O-])cc2CBr)c(C)c1Br. The van der Waals surface area contributed by atoms with Gasteiger partial charge in [-0.15, -0.1) is 0 Å². The number of hydrogen-bond acceptors (Lipinski definition) is 3. The predicted octanol–water partition coefficient (Wildman–Crippen LogP) is 4.05. The predicted molar refractivity (Wildman–Crippen MR) is 80.0 cm³/mol. The standard InChI is InChI=1S/C12H11Br2N3O2/c1-7-12(14)8(2)16(15-7)11-4-3-10(17(18)19)5-9(11)6-13/h3-5H,6H2,1-2H3. The average Bonchev–Trinajstić information content (AvgIpc) is 2.65. The normalized spacial score (nSPS) is 10.7. The Kier molecular flexibility index (Phi) is 4.05. The van der Waals surface area contributed by atoms with E-state index in [1.807, 2.05) is 13.8 Å². The van der Waals surface area contributed by atoms with Crippen LogP contribution in [0.1, 0.15) is 17.0 Å². The Morgan fingerprint density at radius 1 is 1.42 bits per heavy atom. The third-order valence-corrected chi connectivity index (χ3v) is 4.60. The lowest BCUT2D eigenvalue weighted by atomic mass is 10.2. The molecule has 100 valence electrons. The van der Waals surface area contributed by atoms with E-state index in [0.29, 0.717) is 5.33 Å². The molecule has 2 rings (SSSR count). The number of nitro groups is 1. The molecule has 0 bridgehead atoms. The van der Waals surface area contributed by atoms with Crippen LogP contribution in [-0.4, -0.2) is 14.7 Å². The van der Waals surface area contributed by atoms with Gasteiger partial charge in [0.05, 0.1) is 26.5 Å². The van der Waals surface area contributed by atoms with Gasteiger partial charge >= 0.3 is 0 Å². The molecule has 0 spiro atoms. The van der Waals surface area contributed by atoms with E-state index >= 15 is 0 Å². The number of non-ortho nitro benzene ring substituents is 1. The van der Waals surface area contributed by atoms with Crippen molar-refractivity contribution in [3.8, 4) is 5.69 Å². The Hall–Kier alpha value is -1.21. The van der Waals surface area contributed by atoms with E-state index < -0.39 is 4.92 Å². The summed E-state index contributed by atoms with van der Waals surface area (Å²) in [7, 11) is 0. The molecule has 1 aromatic carbocycles. The van der Waals surface area contributed by atoms with Crippen molar-refractivity contribution in [3.63, 3.8) is 0 Å². The summed E-state index contributed by atoms with van der Waals surface area (Å²) >= 11 is 6.84. The van der Waals surface area contributed by atoms with Gasteiger partial charge in [0.1, 0.15) is 0 Å². The molecular formula is C12H11Br2N3O2. The van der Waals surface area contributed by atoms with Crippen molar-refractivity contribution in [2.75, 3.05) is 0 Å². The van der Waals surface area contributed by atoms with Gasteiger partial charge in [0.2, 0.25) is 0 Å². The molecule has 0 aliphatic rings. The van der Waals surface area contributed by atoms with E-state index in [-0.39, 0.29) is 5.69 Å². The highest BCUT2D eigenvalue weighted by atomic mass is 79.9. The number of halogens is 2. The maximum atomic E-state index is 10.8. The van der Waals surface area contributed by atoms with E-state index in [1.165, 1.54) is 6.07 Å². The summed E-state index contributed by atoms with van der Waals surface area (Å²) in [5, 5.41) is 15.8. The molecule has 0 N–H and O–H groups in total. The number of benzene rings is 1. The molecule has 0 fully saturated rings. The molecule has 0 unspecified atom stereocenters.